The zero-order valence-corrected chi connectivity index (χ0v) is 10.0. The molecule has 18 heavy (non-hydrogen) atoms. The largest absolute Gasteiger partial charge is 0.356 e. The number of amides is 1. The summed E-state index contributed by atoms with van der Waals surface area (Å²) >= 11 is 0. The molecule has 0 bridgehead atoms. The van der Waals surface area contributed by atoms with Crippen LogP contribution in [0.5, 0.6) is 0 Å². The highest BCUT2D eigenvalue weighted by atomic mass is 16.1. The van der Waals surface area contributed by atoms with Crippen molar-refractivity contribution in [2.45, 2.75) is 13.3 Å². The monoisotopic (exact) mass is 246 g/mol. The molecule has 2 aromatic rings. The van der Waals surface area contributed by atoms with Crippen molar-refractivity contribution in [2.75, 3.05) is 6.54 Å². The first-order valence-corrected chi connectivity index (χ1v) is 5.64. The van der Waals surface area contributed by atoms with E-state index >= 15 is 0 Å². The van der Waals surface area contributed by atoms with Crippen molar-refractivity contribution in [3.05, 3.63) is 40.6 Å². The molecule has 0 aliphatic heterocycles. The fourth-order valence-electron chi connectivity index (χ4n) is 1.60. The standard InChI is InChI=1S/C12H14N4O2/c1-9(17)13-5-3-2-4-10-6-11-12(18)14-8-15-16(11)7-10/h2,4,6-8H,3,5H2,1H3,(H,13,17)(H,14,15,18). The van der Waals surface area contributed by atoms with Gasteiger partial charge in [0, 0.05) is 19.7 Å². The molecule has 2 N–H and O–H groups in total. The van der Waals surface area contributed by atoms with E-state index in [1.807, 2.05) is 12.2 Å². The van der Waals surface area contributed by atoms with Crippen LogP contribution in [0.25, 0.3) is 11.6 Å². The minimum Gasteiger partial charge on any atom is -0.356 e. The molecule has 1 amide bonds. The molecular formula is C12H14N4O2. The number of nitrogens with one attached hydrogen (secondary N) is 2. The number of fused-ring (bicyclic) bond motifs is 1. The predicted molar refractivity (Wildman–Crippen MR) is 68.1 cm³/mol. The van der Waals surface area contributed by atoms with Crippen LogP contribution in [-0.2, 0) is 4.79 Å². The number of hydrogen-bond acceptors (Lipinski definition) is 3. The van der Waals surface area contributed by atoms with Gasteiger partial charge in [-0.25, -0.2) is 4.52 Å². The molecule has 0 radical (unpaired) electrons. The molecular weight excluding hydrogens is 232 g/mol. The second kappa shape index (κ2) is 5.31. The lowest BCUT2D eigenvalue weighted by molar-refractivity contribution is -0.118. The van der Waals surface area contributed by atoms with Crippen molar-refractivity contribution in [1.29, 1.82) is 0 Å². The molecule has 0 atom stereocenters. The number of carbonyl (C=O) groups is 1. The van der Waals surface area contributed by atoms with Crippen LogP contribution in [0.3, 0.4) is 0 Å². The van der Waals surface area contributed by atoms with Crippen molar-refractivity contribution in [1.82, 2.24) is 19.9 Å². The van der Waals surface area contributed by atoms with Gasteiger partial charge in [-0.1, -0.05) is 12.2 Å². The Morgan fingerprint density at radius 1 is 1.61 bits per heavy atom. The van der Waals surface area contributed by atoms with Crippen LogP contribution in [0.15, 0.2) is 29.5 Å². The fraction of sp³-hybridized carbons (Fsp3) is 0.250. The summed E-state index contributed by atoms with van der Waals surface area (Å²) in [6, 6.07) is 1.76. The van der Waals surface area contributed by atoms with E-state index in [-0.39, 0.29) is 11.5 Å². The molecule has 6 heteroatoms. The Morgan fingerprint density at radius 3 is 3.17 bits per heavy atom. The summed E-state index contributed by atoms with van der Waals surface area (Å²) in [7, 11) is 0. The minimum absolute atomic E-state index is 0.0336. The van der Waals surface area contributed by atoms with Crippen LogP contribution in [0.2, 0.25) is 0 Å². The third-order valence-electron chi connectivity index (χ3n) is 2.43. The van der Waals surface area contributed by atoms with E-state index in [4.69, 9.17) is 0 Å². The molecule has 0 saturated heterocycles. The maximum absolute atomic E-state index is 11.5. The molecule has 0 aliphatic carbocycles. The van der Waals surface area contributed by atoms with Crippen LogP contribution in [0.4, 0.5) is 0 Å². The number of aromatic nitrogens is 3. The SMILES string of the molecule is CC(=O)NCCC=Cc1cc2c(=O)[nH]cnn2c1. The van der Waals surface area contributed by atoms with E-state index in [2.05, 4.69) is 15.4 Å². The van der Waals surface area contributed by atoms with E-state index in [9.17, 15) is 9.59 Å². The van der Waals surface area contributed by atoms with E-state index in [0.29, 0.717) is 12.1 Å². The molecule has 0 unspecified atom stereocenters. The lowest BCUT2D eigenvalue weighted by Gasteiger charge is -1.95. The van der Waals surface area contributed by atoms with Gasteiger partial charge in [0.05, 0.1) is 0 Å². The van der Waals surface area contributed by atoms with Crippen LogP contribution in [0.1, 0.15) is 18.9 Å². The van der Waals surface area contributed by atoms with Gasteiger partial charge in [0.25, 0.3) is 5.56 Å². The van der Waals surface area contributed by atoms with Crippen LogP contribution < -0.4 is 10.9 Å². The van der Waals surface area contributed by atoms with E-state index in [0.717, 1.165) is 12.0 Å². The van der Waals surface area contributed by atoms with Gasteiger partial charge < -0.3 is 10.3 Å². The summed E-state index contributed by atoms with van der Waals surface area (Å²) in [6.45, 7) is 2.10. The molecule has 0 aliphatic rings. The predicted octanol–water partition coefficient (Wildman–Crippen LogP) is 0.562. The van der Waals surface area contributed by atoms with E-state index < -0.39 is 0 Å². The van der Waals surface area contributed by atoms with Gasteiger partial charge in [-0.3, -0.25) is 9.59 Å². The third kappa shape index (κ3) is 2.85. The normalized spacial score (nSPS) is 11.2. The maximum Gasteiger partial charge on any atom is 0.275 e. The lowest BCUT2D eigenvalue weighted by Crippen LogP contribution is -2.20. The quantitative estimate of drug-likeness (QED) is 0.774. The lowest BCUT2D eigenvalue weighted by atomic mass is 10.2. The molecule has 6 nitrogen and oxygen atoms in total. The highest BCUT2D eigenvalue weighted by Crippen LogP contribution is 2.06. The molecule has 0 spiro atoms. The van der Waals surface area contributed by atoms with E-state index in [1.165, 1.54) is 17.8 Å². The minimum atomic E-state index is -0.164. The number of hydrogen-bond donors (Lipinski definition) is 2. The first-order chi connectivity index (χ1) is 8.66. The number of H-pyrrole nitrogens is 1. The summed E-state index contributed by atoms with van der Waals surface area (Å²) in [5.74, 6) is -0.0336. The van der Waals surface area contributed by atoms with Gasteiger partial charge in [0.2, 0.25) is 5.91 Å². The Balaban J connectivity index is 2.04. The van der Waals surface area contributed by atoms with Crippen molar-refractivity contribution >= 4 is 17.5 Å². The molecule has 0 aromatic carbocycles. The Morgan fingerprint density at radius 2 is 2.44 bits per heavy atom. The summed E-state index contributed by atoms with van der Waals surface area (Å²) < 4.78 is 1.53. The maximum atomic E-state index is 11.5. The zero-order valence-electron chi connectivity index (χ0n) is 10.0. The van der Waals surface area contributed by atoms with Gasteiger partial charge >= 0.3 is 0 Å². The number of nitrogens with zero attached hydrogens (tertiary/aromatic N) is 2. The summed E-state index contributed by atoms with van der Waals surface area (Å²) in [5, 5.41) is 6.71. The number of aromatic amines is 1. The molecule has 94 valence electrons. The van der Waals surface area contributed by atoms with Crippen LogP contribution in [-0.4, -0.2) is 27.0 Å². The first-order valence-electron chi connectivity index (χ1n) is 5.64. The summed E-state index contributed by atoms with van der Waals surface area (Å²) in [6.07, 6.45) is 7.73. The Bertz CT molecular complexity index is 639. The van der Waals surface area contributed by atoms with Gasteiger partial charge in [0.1, 0.15) is 11.8 Å². The van der Waals surface area contributed by atoms with Crippen molar-refractivity contribution in [3.63, 3.8) is 0 Å². The van der Waals surface area contributed by atoms with Crippen molar-refractivity contribution in [2.24, 2.45) is 0 Å². The molecule has 0 saturated carbocycles. The zero-order chi connectivity index (χ0) is 13.0. The molecule has 2 aromatic heterocycles. The Labute approximate surface area is 103 Å². The molecule has 0 fully saturated rings. The highest BCUT2D eigenvalue weighted by molar-refractivity contribution is 5.72. The topological polar surface area (TPSA) is 79.3 Å². The second-order valence-corrected chi connectivity index (χ2v) is 3.90. The highest BCUT2D eigenvalue weighted by Gasteiger charge is 2.00. The van der Waals surface area contributed by atoms with Crippen molar-refractivity contribution in [3.8, 4) is 0 Å². The second-order valence-electron chi connectivity index (χ2n) is 3.90. The third-order valence-corrected chi connectivity index (χ3v) is 2.43. The number of carbonyl (C=O) groups excluding carboxylic acids is 1. The smallest absolute Gasteiger partial charge is 0.275 e. The number of rotatable bonds is 4. The van der Waals surface area contributed by atoms with E-state index in [1.54, 1.807) is 12.3 Å². The van der Waals surface area contributed by atoms with Gasteiger partial charge in [-0.2, -0.15) is 5.10 Å². The van der Waals surface area contributed by atoms with Gasteiger partial charge in [-0.05, 0) is 18.1 Å². The van der Waals surface area contributed by atoms with Gasteiger partial charge in [0.15, 0.2) is 0 Å². The summed E-state index contributed by atoms with van der Waals surface area (Å²) in [4.78, 5) is 24.6. The van der Waals surface area contributed by atoms with Crippen LogP contribution in [0, 0.1) is 0 Å². The first kappa shape index (κ1) is 12.1. The molecule has 2 rings (SSSR count). The van der Waals surface area contributed by atoms with Crippen LogP contribution >= 0.6 is 0 Å². The fourth-order valence-corrected chi connectivity index (χ4v) is 1.60. The molecule has 2 heterocycles. The average molecular weight is 246 g/mol. The Kier molecular flexibility index (Phi) is 3.57. The Hall–Kier alpha value is -2.37. The van der Waals surface area contributed by atoms with Gasteiger partial charge in [-0.15, -0.1) is 0 Å². The average Bonchev–Trinajstić information content (AvgIpc) is 2.72. The summed E-state index contributed by atoms with van der Waals surface area (Å²) in [5.41, 5.74) is 1.25. The van der Waals surface area contributed by atoms with Crippen molar-refractivity contribution < 1.29 is 4.79 Å².